The van der Waals surface area contributed by atoms with Crippen LogP contribution in [-0.4, -0.2) is 18.4 Å². The number of benzene rings is 2. The Labute approximate surface area is 151 Å². The molecule has 0 fully saturated rings. The highest BCUT2D eigenvalue weighted by Gasteiger charge is 2.25. The third-order valence-electron chi connectivity index (χ3n) is 4.11. The van der Waals surface area contributed by atoms with Crippen LogP contribution in [0.4, 0.5) is 11.4 Å². The van der Waals surface area contributed by atoms with Crippen LogP contribution in [0.15, 0.2) is 48.9 Å². The van der Waals surface area contributed by atoms with Gasteiger partial charge < -0.3 is 5.32 Å². The molecule has 0 aliphatic rings. The zero-order chi connectivity index (χ0) is 18.7. The molecule has 1 heterocycles. The number of nitrogens with zero attached hydrogens (tertiary/aromatic N) is 3. The fraction of sp³-hybridized carbons (Fsp3) is 0.167. The number of nitriles is 1. The van der Waals surface area contributed by atoms with Gasteiger partial charge in [-0.1, -0.05) is 19.1 Å². The van der Waals surface area contributed by atoms with Gasteiger partial charge in [-0.3, -0.25) is 0 Å². The molecular formula is C18H17N5O2S. The van der Waals surface area contributed by atoms with Crippen LogP contribution in [0.1, 0.15) is 29.7 Å². The van der Waals surface area contributed by atoms with Gasteiger partial charge in [-0.05, 0) is 36.2 Å². The summed E-state index contributed by atoms with van der Waals surface area (Å²) < 4.78 is 23.8. The molecular weight excluding hydrogens is 350 g/mol. The molecule has 26 heavy (non-hydrogen) atoms. The molecule has 0 saturated carbocycles. The maximum atomic E-state index is 11.9. The molecule has 1 unspecified atom stereocenters. The van der Waals surface area contributed by atoms with Gasteiger partial charge in [0.1, 0.15) is 17.6 Å². The third-order valence-corrected chi connectivity index (χ3v) is 5.49. The Bertz CT molecular complexity index is 1110. The summed E-state index contributed by atoms with van der Waals surface area (Å²) in [5.74, 6) is 0. The van der Waals surface area contributed by atoms with Gasteiger partial charge in [0.05, 0.1) is 16.8 Å². The van der Waals surface area contributed by atoms with E-state index in [1.165, 1.54) is 6.33 Å². The number of hydrogen-bond donors (Lipinski definition) is 2. The number of aromatic nitrogens is 2. The fourth-order valence-electron chi connectivity index (χ4n) is 2.91. The Morgan fingerprint density at radius 3 is 2.81 bits per heavy atom. The molecule has 3 aromatic rings. The monoisotopic (exact) mass is 367 g/mol. The van der Waals surface area contributed by atoms with Gasteiger partial charge in [-0.15, -0.1) is 0 Å². The maximum absolute atomic E-state index is 11.9. The molecule has 1 atom stereocenters. The van der Waals surface area contributed by atoms with Gasteiger partial charge >= 0.3 is 0 Å². The predicted octanol–water partition coefficient (Wildman–Crippen LogP) is 2.98. The highest BCUT2D eigenvalue weighted by Crippen LogP contribution is 2.32. The Morgan fingerprint density at radius 2 is 2.12 bits per heavy atom. The van der Waals surface area contributed by atoms with Crippen molar-refractivity contribution in [3.63, 3.8) is 0 Å². The van der Waals surface area contributed by atoms with Crippen LogP contribution in [0, 0.1) is 11.3 Å². The lowest BCUT2D eigenvalue weighted by Crippen LogP contribution is -2.22. The first kappa shape index (κ1) is 17.8. The van der Waals surface area contributed by atoms with Crippen molar-refractivity contribution in [2.24, 2.45) is 5.14 Å². The van der Waals surface area contributed by atoms with Crippen LogP contribution in [0.2, 0.25) is 0 Å². The first-order valence-corrected chi connectivity index (χ1v) is 9.56. The number of fused-ring (bicyclic) bond motifs is 1. The smallest absolute Gasteiger partial charge is 0.216 e. The summed E-state index contributed by atoms with van der Waals surface area (Å²) in [6.07, 6.45) is 3.46. The number of rotatable bonds is 5. The summed E-state index contributed by atoms with van der Waals surface area (Å²) in [7, 11) is -3.81. The van der Waals surface area contributed by atoms with Crippen molar-refractivity contribution in [3.05, 3.63) is 60.0 Å². The second kappa shape index (κ2) is 7.07. The molecule has 132 valence electrons. The molecule has 0 amide bonds. The van der Waals surface area contributed by atoms with E-state index >= 15 is 0 Å². The Hall–Kier alpha value is -3.02. The number of anilines is 2. The van der Waals surface area contributed by atoms with Crippen molar-refractivity contribution in [2.75, 3.05) is 5.32 Å². The summed E-state index contributed by atoms with van der Waals surface area (Å²) >= 11 is 0. The van der Waals surface area contributed by atoms with Gasteiger partial charge in [0, 0.05) is 17.3 Å². The van der Waals surface area contributed by atoms with Gasteiger partial charge in [0.15, 0.2) is 0 Å². The van der Waals surface area contributed by atoms with Crippen molar-refractivity contribution in [2.45, 2.75) is 18.6 Å². The van der Waals surface area contributed by atoms with Crippen LogP contribution in [0.5, 0.6) is 0 Å². The standard InChI is InChI=1S/C18H17N5O2S/c1-2-18(26(20,24)25)14-4-3-5-17(15(14)9-19)23-13-6-7-16-12(8-13)10-21-11-22-16/h3-8,10-11,18,23H,2H2,1H3,(H2,20,24,25). The molecule has 2 aromatic carbocycles. The van der Waals surface area contributed by atoms with Crippen molar-refractivity contribution in [1.29, 1.82) is 5.26 Å². The van der Waals surface area contributed by atoms with E-state index in [1.807, 2.05) is 18.2 Å². The van der Waals surface area contributed by atoms with Crippen LogP contribution >= 0.6 is 0 Å². The van der Waals surface area contributed by atoms with Crippen molar-refractivity contribution in [3.8, 4) is 6.07 Å². The molecule has 1 aromatic heterocycles. The van der Waals surface area contributed by atoms with E-state index in [-0.39, 0.29) is 12.0 Å². The van der Waals surface area contributed by atoms with Crippen molar-refractivity contribution >= 4 is 32.3 Å². The molecule has 0 spiro atoms. The minimum Gasteiger partial charge on any atom is -0.354 e. The van der Waals surface area contributed by atoms with Crippen LogP contribution < -0.4 is 10.5 Å². The van der Waals surface area contributed by atoms with E-state index in [9.17, 15) is 13.7 Å². The summed E-state index contributed by atoms with van der Waals surface area (Å²) in [5.41, 5.74) is 2.72. The van der Waals surface area contributed by atoms with Crippen LogP contribution in [-0.2, 0) is 10.0 Å². The SMILES string of the molecule is CCC(c1cccc(Nc2ccc3ncncc3c2)c1C#N)S(N)(=O)=O. The summed E-state index contributed by atoms with van der Waals surface area (Å²) in [6, 6.07) is 12.7. The normalized spacial score (nSPS) is 12.5. The van der Waals surface area contributed by atoms with Crippen molar-refractivity contribution in [1.82, 2.24) is 9.97 Å². The van der Waals surface area contributed by atoms with E-state index in [2.05, 4.69) is 21.4 Å². The first-order chi connectivity index (χ1) is 12.4. The molecule has 8 heteroatoms. The lowest BCUT2D eigenvalue weighted by Gasteiger charge is -2.17. The zero-order valence-electron chi connectivity index (χ0n) is 14.0. The second-order valence-corrected chi connectivity index (χ2v) is 7.54. The Balaban J connectivity index is 2.05. The largest absolute Gasteiger partial charge is 0.354 e. The summed E-state index contributed by atoms with van der Waals surface area (Å²) in [6.45, 7) is 1.72. The van der Waals surface area contributed by atoms with E-state index in [0.717, 1.165) is 16.6 Å². The van der Waals surface area contributed by atoms with Gasteiger partial charge in [0.2, 0.25) is 10.0 Å². The molecule has 0 aliphatic carbocycles. The molecule has 0 radical (unpaired) electrons. The lowest BCUT2D eigenvalue weighted by molar-refractivity contribution is 0.581. The molecule has 3 N–H and O–H groups in total. The average molecular weight is 367 g/mol. The fourth-order valence-corrected chi connectivity index (χ4v) is 3.93. The van der Waals surface area contributed by atoms with Gasteiger partial charge in [-0.25, -0.2) is 23.5 Å². The first-order valence-electron chi connectivity index (χ1n) is 7.95. The van der Waals surface area contributed by atoms with Crippen LogP contribution in [0.25, 0.3) is 10.9 Å². The van der Waals surface area contributed by atoms with Crippen LogP contribution in [0.3, 0.4) is 0 Å². The van der Waals surface area contributed by atoms with E-state index in [1.54, 1.807) is 31.3 Å². The van der Waals surface area contributed by atoms with E-state index < -0.39 is 15.3 Å². The molecule has 0 aliphatic heterocycles. The topological polar surface area (TPSA) is 122 Å². The minimum absolute atomic E-state index is 0.262. The van der Waals surface area contributed by atoms with Gasteiger partial charge in [-0.2, -0.15) is 5.26 Å². The highest BCUT2D eigenvalue weighted by molar-refractivity contribution is 7.89. The second-order valence-electron chi connectivity index (χ2n) is 5.79. The lowest BCUT2D eigenvalue weighted by atomic mass is 10.0. The molecule has 3 rings (SSSR count). The molecule has 0 saturated heterocycles. The predicted molar refractivity (Wildman–Crippen MR) is 100 cm³/mol. The minimum atomic E-state index is -3.81. The number of sulfonamides is 1. The molecule has 0 bridgehead atoms. The van der Waals surface area contributed by atoms with Crippen molar-refractivity contribution < 1.29 is 8.42 Å². The number of nitrogens with one attached hydrogen (secondary N) is 1. The summed E-state index contributed by atoms with van der Waals surface area (Å²) in [5, 5.41) is 18.0. The highest BCUT2D eigenvalue weighted by atomic mass is 32.2. The van der Waals surface area contributed by atoms with E-state index in [4.69, 9.17) is 5.14 Å². The Kier molecular flexibility index (Phi) is 4.84. The Morgan fingerprint density at radius 1 is 1.31 bits per heavy atom. The molecule has 7 nitrogen and oxygen atoms in total. The number of hydrogen-bond acceptors (Lipinski definition) is 6. The van der Waals surface area contributed by atoms with Gasteiger partial charge in [0.25, 0.3) is 0 Å². The maximum Gasteiger partial charge on any atom is 0.216 e. The third kappa shape index (κ3) is 3.49. The number of nitrogens with two attached hydrogens (primary N) is 1. The summed E-state index contributed by atoms with van der Waals surface area (Å²) in [4.78, 5) is 8.17. The number of primary sulfonamides is 1. The average Bonchev–Trinajstić information content (AvgIpc) is 2.61. The zero-order valence-corrected chi connectivity index (χ0v) is 14.9. The quantitative estimate of drug-likeness (QED) is 0.715. The van der Waals surface area contributed by atoms with E-state index in [0.29, 0.717) is 11.3 Å².